The van der Waals surface area contributed by atoms with Crippen LogP contribution in [0, 0.1) is 12.8 Å². The van der Waals surface area contributed by atoms with Gasteiger partial charge in [0.1, 0.15) is 6.54 Å². The average Bonchev–Trinajstić information content (AvgIpc) is 3.50. The van der Waals surface area contributed by atoms with Crippen LogP contribution in [-0.2, 0) is 21.5 Å². The van der Waals surface area contributed by atoms with Crippen LogP contribution in [0.1, 0.15) is 55.5 Å². The van der Waals surface area contributed by atoms with Gasteiger partial charge in [-0.25, -0.2) is 9.78 Å². The van der Waals surface area contributed by atoms with E-state index in [9.17, 15) is 19.2 Å². The van der Waals surface area contributed by atoms with E-state index in [1.165, 1.54) is 6.20 Å². The van der Waals surface area contributed by atoms with E-state index in [1.807, 2.05) is 32.9 Å². The topological polar surface area (TPSA) is 171 Å². The molecule has 0 saturated heterocycles. The fourth-order valence-electron chi connectivity index (χ4n) is 4.27. The van der Waals surface area contributed by atoms with Crippen LogP contribution in [-0.4, -0.2) is 55.7 Å². The van der Waals surface area contributed by atoms with Crippen molar-refractivity contribution in [3.63, 3.8) is 0 Å². The maximum absolute atomic E-state index is 13.5. The fraction of sp³-hybridized carbons (Fsp3) is 0.333. The normalized spacial score (nSPS) is 12.1. The minimum absolute atomic E-state index is 0.197. The number of nitrogens with one attached hydrogen (secondary N) is 2. The Labute approximate surface area is 247 Å². The maximum Gasteiger partial charge on any atom is 0.412 e. The Bertz CT molecular complexity index is 1680. The van der Waals surface area contributed by atoms with Gasteiger partial charge in [0.2, 0.25) is 23.4 Å². The molecule has 1 atom stereocenters. The van der Waals surface area contributed by atoms with Gasteiger partial charge in [-0.1, -0.05) is 50.2 Å². The van der Waals surface area contributed by atoms with E-state index >= 15 is 0 Å². The predicted octanol–water partition coefficient (Wildman–Crippen LogP) is 3.52. The zero-order valence-electron chi connectivity index (χ0n) is 24.7. The highest BCUT2D eigenvalue weighted by molar-refractivity contribution is 5.98. The molecule has 0 saturated carbocycles. The fourth-order valence-corrected chi connectivity index (χ4v) is 4.27. The Morgan fingerprint density at radius 3 is 2.37 bits per heavy atom. The molecule has 1 aromatic carbocycles. The molecule has 3 aromatic heterocycles. The number of nitrogens with zero attached hydrogens (tertiary/aromatic N) is 5. The molecule has 0 aliphatic heterocycles. The number of rotatable bonds is 10. The van der Waals surface area contributed by atoms with Crippen LogP contribution in [0.4, 0.5) is 10.6 Å². The first-order valence-electron chi connectivity index (χ1n) is 13.5. The Morgan fingerprint density at radius 1 is 1.02 bits per heavy atom. The van der Waals surface area contributed by atoms with Crippen molar-refractivity contribution in [2.24, 2.45) is 5.92 Å². The van der Waals surface area contributed by atoms with Crippen molar-refractivity contribution in [1.82, 2.24) is 30.0 Å². The lowest BCUT2D eigenvalue weighted by molar-refractivity contribution is -0.122. The van der Waals surface area contributed by atoms with Gasteiger partial charge in [0.25, 0.3) is 11.4 Å². The molecule has 13 nitrogen and oxygen atoms in total. The molecule has 224 valence electrons. The smallest absolute Gasteiger partial charge is 0.412 e. The Morgan fingerprint density at radius 2 is 1.74 bits per heavy atom. The van der Waals surface area contributed by atoms with Crippen molar-refractivity contribution in [3.8, 4) is 11.3 Å². The summed E-state index contributed by atoms with van der Waals surface area (Å²) < 4.78 is 11.5. The molecule has 0 radical (unpaired) electrons. The molecule has 0 aliphatic rings. The van der Waals surface area contributed by atoms with E-state index in [0.717, 1.165) is 17.2 Å². The number of ether oxygens (including phenoxy) is 1. The molecule has 13 heteroatoms. The lowest BCUT2D eigenvalue weighted by Crippen LogP contribution is -2.46. The lowest BCUT2D eigenvalue weighted by Gasteiger charge is -2.21. The number of amides is 2. The molecule has 4 rings (SSSR count). The highest BCUT2D eigenvalue weighted by Gasteiger charge is 2.35. The zero-order chi connectivity index (χ0) is 31.3. The number of benzene rings is 1. The standard InChI is InChI=1S/C30H33N7O6/c1-17(2)23(24(39)26-35-36-28(43-26)30(4,5)21-13-12-18(3)14-31-21)33-22(38)16-37-20(19-10-8-7-9-11-19)15-32-25(27(37)40)34-29(41)42-6/h7-15,17,23H,16H2,1-6H3,(H,33,38)(H,32,34,41)/t23-/m1/s1. The van der Waals surface area contributed by atoms with E-state index < -0.39 is 41.3 Å². The van der Waals surface area contributed by atoms with Gasteiger partial charge in [-0.2, -0.15) is 0 Å². The summed E-state index contributed by atoms with van der Waals surface area (Å²) in [4.78, 5) is 60.4. The number of anilines is 1. The summed E-state index contributed by atoms with van der Waals surface area (Å²) >= 11 is 0. The van der Waals surface area contributed by atoms with E-state index in [-0.39, 0.29) is 23.5 Å². The van der Waals surface area contributed by atoms with Crippen LogP contribution in [0.25, 0.3) is 11.3 Å². The number of aromatic nitrogens is 5. The van der Waals surface area contributed by atoms with Crippen LogP contribution in [0.3, 0.4) is 0 Å². The molecule has 0 bridgehead atoms. The molecule has 4 aromatic rings. The van der Waals surface area contributed by atoms with Gasteiger partial charge in [-0.3, -0.25) is 29.3 Å². The van der Waals surface area contributed by atoms with Crippen molar-refractivity contribution < 1.29 is 23.5 Å². The minimum Gasteiger partial charge on any atom is -0.453 e. The average molecular weight is 588 g/mol. The number of hydrogen-bond donors (Lipinski definition) is 2. The molecule has 43 heavy (non-hydrogen) atoms. The molecule has 3 heterocycles. The number of Topliss-reactive ketones (excluding diaryl/α,β-unsaturated/α-hetero) is 1. The Hall–Kier alpha value is -5.20. The number of aryl methyl sites for hydroxylation is 1. The number of methoxy groups -OCH3 is 1. The van der Waals surface area contributed by atoms with Crippen LogP contribution in [0.2, 0.25) is 0 Å². The molecule has 0 spiro atoms. The molecular formula is C30H33N7O6. The van der Waals surface area contributed by atoms with Gasteiger partial charge < -0.3 is 14.5 Å². The van der Waals surface area contributed by atoms with Crippen LogP contribution in [0.5, 0.6) is 0 Å². The van der Waals surface area contributed by atoms with Crippen molar-refractivity contribution in [2.75, 3.05) is 12.4 Å². The van der Waals surface area contributed by atoms with Crippen molar-refractivity contribution in [2.45, 2.75) is 52.6 Å². The van der Waals surface area contributed by atoms with Crippen molar-refractivity contribution in [3.05, 3.63) is 88.3 Å². The van der Waals surface area contributed by atoms with Gasteiger partial charge in [-0.05, 0) is 43.9 Å². The summed E-state index contributed by atoms with van der Waals surface area (Å²) in [6, 6.07) is 11.6. The van der Waals surface area contributed by atoms with E-state index in [4.69, 9.17) is 4.42 Å². The van der Waals surface area contributed by atoms with Crippen LogP contribution < -0.4 is 16.2 Å². The third-order valence-electron chi connectivity index (χ3n) is 6.82. The van der Waals surface area contributed by atoms with Crippen LogP contribution in [0.15, 0.2) is 64.1 Å². The molecule has 2 amide bonds. The second kappa shape index (κ2) is 12.8. The summed E-state index contributed by atoms with van der Waals surface area (Å²) in [5.74, 6) is -1.95. The molecule has 0 aliphatic carbocycles. The lowest BCUT2D eigenvalue weighted by atomic mass is 9.88. The second-order valence-electron chi connectivity index (χ2n) is 10.8. The van der Waals surface area contributed by atoms with Gasteiger partial charge >= 0.3 is 6.09 Å². The van der Waals surface area contributed by atoms with Crippen LogP contribution >= 0.6 is 0 Å². The predicted molar refractivity (Wildman–Crippen MR) is 156 cm³/mol. The van der Waals surface area contributed by atoms with Gasteiger partial charge in [-0.15, -0.1) is 10.2 Å². The van der Waals surface area contributed by atoms with Crippen molar-refractivity contribution in [1.29, 1.82) is 0 Å². The Kier molecular flexibility index (Phi) is 9.12. The van der Waals surface area contributed by atoms with E-state index in [2.05, 4.69) is 35.5 Å². The number of hydrogen-bond acceptors (Lipinski definition) is 10. The monoisotopic (exact) mass is 587 g/mol. The molecule has 2 N–H and O–H groups in total. The van der Waals surface area contributed by atoms with Gasteiger partial charge in [0, 0.05) is 6.20 Å². The summed E-state index contributed by atoms with van der Waals surface area (Å²) in [5.41, 5.74) is 1.12. The first-order valence-corrected chi connectivity index (χ1v) is 13.5. The number of carbonyl (C=O) groups excluding carboxylic acids is 3. The quantitative estimate of drug-likeness (QED) is 0.262. The summed E-state index contributed by atoms with van der Waals surface area (Å²) in [6.45, 7) is 8.68. The van der Waals surface area contributed by atoms with E-state index in [0.29, 0.717) is 17.0 Å². The third kappa shape index (κ3) is 6.83. The summed E-state index contributed by atoms with van der Waals surface area (Å²) in [6.07, 6.45) is 2.21. The first-order chi connectivity index (χ1) is 20.4. The third-order valence-corrected chi connectivity index (χ3v) is 6.82. The minimum atomic E-state index is -1.04. The highest BCUT2D eigenvalue weighted by atomic mass is 16.5. The first kappa shape index (κ1) is 30.8. The highest BCUT2D eigenvalue weighted by Crippen LogP contribution is 2.29. The molecule has 0 unspecified atom stereocenters. The summed E-state index contributed by atoms with van der Waals surface area (Å²) in [5, 5.41) is 13.0. The zero-order valence-corrected chi connectivity index (χ0v) is 24.7. The number of carbonyl (C=O) groups is 3. The van der Waals surface area contributed by atoms with Gasteiger partial charge in [0.05, 0.1) is 36.2 Å². The number of ketones is 1. The van der Waals surface area contributed by atoms with Crippen molar-refractivity contribution >= 4 is 23.6 Å². The number of pyridine rings is 1. The summed E-state index contributed by atoms with van der Waals surface area (Å²) in [7, 11) is 1.15. The van der Waals surface area contributed by atoms with E-state index in [1.54, 1.807) is 50.4 Å². The largest absolute Gasteiger partial charge is 0.453 e. The SMILES string of the molecule is COC(=O)Nc1ncc(-c2ccccc2)n(CC(=O)N[C@@H](C(=O)c2nnc(C(C)(C)c3ccc(C)cn3)o2)C(C)C)c1=O. The molecule has 0 fully saturated rings. The second-order valence-corrected chi connectivity index (χ2v) is 10.8. The van der Waals surface area contributed by atoms with Gasteiger partial charge in [0.15, 0.2) is 0 Å². The Balaban J connectivity index is 1.59. The molecular weight excluding hydrogens is 554 g/mol. The maximum atomic E-state index is 13.5.